The van der Waals surface area contributed by atoms with E-state index in [1.807, 2.05) is 35.8 Å². The molecule has 2 atom stereocenters. The number of aryl methyl sites for hydroxylation is 1. The number of carbonyl (C=O) groups excluding carboxylic acids is 1. The van der Waals surface area contributed by atoms with Crippen molar-refractivity contribution < 1.29 is 23.4 Å². The molecule has 1 saturated heterocycles. The monoisotopic (exact) mass is 588 g/mol. The van der Waals surface area contributed by atoms with Crippen LogP contribution in [0.25, 0.3) is 11.0 Å². The van der Waals surface area contributed by atoms with Gasteiger partial charge in [0.05, 0.1) is 20.5 Å². The number of imidazole rings is 1. The lowest BCUT2D eigenvalue weighted by atomic mass is 10.0. The molecular weight excluding hydrogens is 563 g/mol. The number of fused-ring (bicyclic) bond motifs is 1. The summed E-state index contributed by atoms with van der Waals surface area (Å²) in [5, 5.41) is 3.33. The van der Waals surface area contributed by atoms with Crippen LogP contribution in [0.3, 0.4) is 0 Å². The summed E-state index contributed by atoms with van der Waals surface area (Å²) < 4.78 is 34.5. The smallest absolute Gasteiger partial charge is 0.281 e. The Balaban J connectivity index is 1.68. The van der Waals surface area contributed by atoms with E-state index in [2.05, 4.69) is 26.2 Å². The van der Waals surface area contributed by atoms with Crippen molar-refractivity contribution in [2.45, 2.75) is 38.5 Å². The first-order chi connectivity index (χ1) is 18.0. The average Bonchev–Trinajstić information content (AvgIpc) is 3.46. The Morgan fingerprint density at radius 2 is 2.14 bits per heavy atom. The highest BCUT2D eigenvalue weighted by Crippen LogP contribution is 2.37. The zero-order valence-corrected chi connectivity index (χ0v) is 22.8. The summed E-state index contributed by atoms with van der Waals surface area (Å²) in [5.41, 5.74) is 2.73. The molecule has 8 nitrogen and oxygen atoms in total. The lowest BCUT2D eigenvalue weighted by Crippen LogP contribution is -2.33. The van der Waals surface area contributed by atoms with Crippen molar-refractivity contribution in [2.24, 2.45) is 0 Å². The van der Waals surface area contributed by atoms with Crippen LogP contribution in [0.4, 0.5) is 4.39 Å². The maximum Gasteiger partial charge on any atom is 0.281 e. The summed E-state index contributed by atoms with van der Waals surface area (Å²) >= 11 is 4.67. The summed E-state index contributed by atoms with van der Waals surface area (Å²) in [7, 11) is 1.50. The fourth-order valence-electron chi connectivity index (χ4n) is 4.44. The number of methoxy groups -OCH3 is 1. The molecule has 1 aliphatic heterocycles. The van der Waals surface area contributed by atoms with Crippen molar-refractivity contribution in [1.29, 1.82) is 0 Å². The predicted octanol–water partition coefficient (Wildman–Crippen LogP) is 5.90. The van der Waals surface area contributed by atoms with E-state index in [0.29, 0.717) is 29.4 Å². The second-order valence-electron chi connectivity index (χ2n) is 8.67. The van der Waals surface area contributed by atoms with Gasteiger partial charge in [-0.3, -0.25) is 9.36 Å². The molecule has 1 N–H and O–H groups in total. The molecule has 0 aliphatic carbocycles. The van der Waals surface area contributed by atoms with Crippen molar-refractivity contribution >= 4 is 44.2 Å². The molecule has 0 radical (unpaired) electrons. The molecule has 4 aromatic rings. The maximum absolute atomic E-state index is 14.7. The van der Waals surface area contributed by atoms with E-state index in [-0.39, 0.29) is 18.0 Å². The highest BCUT2D eigenvalue weighted by Gasteiger charge is 2.32. The zero-order valence-electron chi connectivity index (χ0n) is 20.4. The van der Waals surface area contributed by atoms with E-state index in [1.54, 1.807) is 0 Å². The fraction of sp³-hybridized carbons (Fsp3) is 0.346. The van der Waals surface area contributed by atoms with Crippen molar-refractivity contribution in [3.63, 3.8) is 0 Å². The third-order valence-electron chi connectivity index (χ3n) is 6.15. The molecule has 0 spiro atoms. The first-order valence-corrected chi connectivity index (χ1v) is 13.5. The molecule has 2 aromatic heterocycles. The number of hydrogen-bond donors (Lipinski definition) is 1. The van der Waals surface area contributed by atoms with Gasteiger partial charge in [-0.05, 0) is 72.4 Å². The van der Waals surface area contributed by atoms with Gasteiger partial charge in [0.1, 0.15) is 29.7 Å². The number of hydrogen-bond acceptors (Lipinski definition) is 7. The fourth-order valence-corrected chi connectivity index (χ4v) is 5.69. The quantitative estimate of drug-likeness (QED) is 0.258. The molecule has 5 rings (SSSR count). The van der Waals surface area contributed by atoms with Crippen LogP contribution in [-0.4, -0.2) is 41.0 Å². The number of ether oxygens (including phenoxy) is 3. The average molecular weight is 589 g/mol. The Morgan fingerprint density at radius 1 is 1.30 bits per heavy atom. The normalized spacial score (nSPS) is 16.6. The number of para-hydroxylation sites is 2. The molecule has 0 bridgehead atoms. The highest BCUT2D eigenvalue weighted by molar-refractivity contribution is 9.11. The Morgan fingerprint density at radius 3 is 2.86 bits per heavy atom. The van der Waals surface area contributed by atoms with Crippen LogP contribution >= 0.6 is 27.3 Å². The molecule has 194 valence electrons. The molecule has 1 aliphatic rings. The number of rotatable bonds is 8. The van der Waals surface area contributed by atoms with Crippen molar-refractivity contribution in [1.82, 2.24) is 19.9 Å². The van der Waals surface area contributed by atoms with E-state index in [9.17, 15) is 9.18 Å². The second-order valence-corrected chi connectivity index (χ2v) is 11.0. The van der Waals surface area contributed by atoms with Gasteiger partial charge in [0.15, 0.2) is 11.8 Å². The molecular formula is C26H26BrFN4O4S. The van der Waals surface area contributed by atoms with Crippen LogP contribution in [-0.2, 0) is 9.47 Å². The van der Waals surface area contributed by atoms with E-state index < -0.39 is 17.8 Å². The SMILES string of the molecule is COCOc1ccc(F)cc1C(NC(=O)c1nc(C)c(Br)s1)c1nc2ccccc2n1C1CCCCO1. The third kappa shape index (κ3) is 5.40. The Bertz CT molecular complexity index is 1400. The molecule has 0 saturated carbocycles. The third-order valence-corrected chi connectivity index (χ3v) is 8.15. The number of halogens is 2. The summed E-state index contributed by atoms with van der Waals surface area (Å²) in [6.45, 7) is 2.40. The topological polar surface area (TPSA) is 87.5 Å². The molecule has 11 heteroatoms. The zero-order chi connectivity index (χ0) is 25.9. The van der Waals surface area contributed by atoms with Crippen LogP contribution in [0.5, 0.6) is 5.75 Å². The molecule has 2 unspecified atom stereocenters. The van der Waals surface area contributed by atoms with Gasteiger partial charge in [-0.2, -0.15) is 0 Å². The molecule has 1 fully saturated rings. The minimum atomic E-state index is -0.865. The van der Waals surface area contributed by atoms with Crippen LogP contribution in [0.15, 0.2) is 46.3 Å². The van der Waals surface area contributed by atoms with Gasteiger partial charge in [-0.1, -0.05) is 12.1 Å². The van der Waals surface area contributed by atoms with E-state index in [1.165, 1.54) is 36.6 Å². The van der Waals surface area contributed by atoms with E-state index in [0.717, 1.165) is 34.1 Å². The van der Waals surface area contributed by atoms with E-state index in [4.69, 9.17) is 19.2 Å². The van der Waals surface area contributed by atoms with Crippen molar-refractivity contribution in [3.05, 3.63) is 74.2 Å². The lowest BCUT2D eigenvalue weighted by Gasteiger charge is -2.29. The van der Waals surface area contributed by atoms with Gasteiger partial charge >= 0.3 is 0 Å². The second kappa shape index (κ2) is 11.3. The van der Waals surface area contributed by atoms with Gasteiger partial charge in [0.2, 0.25) is 0 Å². The number of benzene rings is 2. The Kier molecular flexibility index (Phi) is 7.84. The number of nitrogens with zero attached hydrogens (tertiary/aromatic N) is 3. The Hall–Kier alpha value is -2.86. The van der Waals surface area contributed by atoms with Gasteiger partial charge in [-0.15, -0.1) is 11.3 Å². The number of thiazole rings is 1. The first-order valence-electron chi connectivity index (χ1n) is 11.9. The van der Waals surface area contributed by atoms with Gasteiger partial charge < -0.3 is 19.5 Å². The van der Waals surface area contributed by atoms with Crippen molar-refractivity contribution in [2.75, 3.05) is 20.5 Å². The summed E-state index contributed by atoms with van der Waals surface area (Å²) in [6, 6.07) is 11.0. The van der Waals surface area contributed by atoms with Crippen LogP contribution in [0.2, 0.25) is 0 Å². The number of amides is 1. The molecule has 3 heterocycles. The predicted molar refractivity (Wildman–Crippen MR) is 141 cm³/mol. The van der Waals surface area contributed by atoms with Gasteiger partial charge in [0, 0.05) is 19.3 Å². The molecule has 2 aromatic carbocycles. The summed E-state index contributed by atoms with van der Waals surface area (Å²) in [6.07, 6.45) is 2.50. The van der Waals surface area contributed by atoms with Crippen LogP contribution in [0, 0.1) is 12.7 Å². The van der Waals surface area contributed by atoms with Crippen LogP contribution in [0.1, 0.15) is 58.4 Å². The summed E-state index contributed by atoms with van der Waals surface area (Å²) in [4.78, 5) is 22.8. The lowest BCUT2D eigenvalue weighted by molar-refractivity contribution is -0.0315. The van der Waals surface area contributed by atoms with E-state index >= 15 is 0 Å². The van der Waals surface area contributed by atoms with Gasteiger partial charge in [0.25, 0.3) is 5.91 Å². The standard InChI is InChI=1S/C26H26BrFN4O4S/c1-15-23(27)37-26(29-15)25(33)31-22(17-13-16(28)10-11-20(17)36-14-34-2)24-30-18-7-3-4-8-19(18)32(24)21-9-5-6-12-35-21/h3-4,7-8,10-11,13,21-22H,5-6,9,12,14H2,1-2H3,(H,31,33). The minimum absolute atomic E-state index is 0.0416. The molecule has 37 heavy (non-hydrogen) atoms. The maximum atomic E-state index is 14.7. The van der Waals surface area contributed by atoms with Crippen LogP contribution < -0.4 is 10.1 Å². The number of aromatic nitrogens is 3. The summed E-state index contributed by atoms with van der Waals surface area (Å²) in [5.74, 6) is 0.00670. The minimum Gasteiger partial charge on any atom is -0.467 e. The molecule has 1 amide bonds. The Labute approximate surface area is 225 Å². The van der Waals surface area contributed by atoms with Gasteiger partial charge in [-0.25, -0.2) is 14.4 Å². The number of carbonyl (C=O) groups is 1. The largest absolute Gasteiger partial charge is 0.467 e. The first kappa shape index (κ1) is 25.8. The van der Waals surface area contributed by atoms with Crippen molar-refractivity contribution in [3.8, 4) is 5.75 Å². The number of nitrogens with one attached hydrogen (secondary N) is 1. The highest BCUT2D eigenvalue weighted by atomic mass is 79.9.